The molecular weight excluding hydrogens is 733 g/mol. The Labute approximate surface area is 296 Å². The van der Waals surface area contributed by atoms with Gasteiger partial charge in [0.25, 0.3) is 30.4 Å². The number of fused-ring (bicyclic) bond motifs is 2. The zero-order valence-corrected chi connectivity index (χ0v) is 31.1. The third-order valence-electron chi connectivity index (χ3n) is 8.55. The van der Waals surface area contributed by atoms with Crippen molar-refractivity contribution in [3.05, 3.63) is 95.3 Å². The minimum atomic E-state index is -4.50. The highest BCUT2D eigenvalue weighted by Gasteiger charge is 2.45. The smallest absolute Gasteiger partial charge is 0.294 e. The molecule has 272 valence electrons. The maximum absolute atomic E-state index is 11.8. The SMILES string of the molecule is CC(/C=C/C=C1/N(CCS(=O)(=O)O)c2ccc(S(=O)(=O)O)cc2C1(C)C)=C\C=C\C1=[N+](CCS(=O)(=O)O)c2ccc(SOO[O-])cc2C1(C)C. The summed E-state index contributed by atoms with van der Waals surface area (Å²) in [6, 6.07) is 9.32. The first-order valence-corrected chi connectivity index (χ1v) is 20.4. The van der Waals surface area contributed by atoms with Crippen molar-refractivity contribution in [1.29, 1.82) is 0 Å². The number of benzene rings is 2. The molecule has 2 aliphatic rings. The number of hydrogen-bond donors (Lipinski definition) is 3. The Balaban J connectivity index is 1.65. The monoisotopic (exact) mass is 770 g/mol. The van der Waals surface area contributed by atoms with Crippen LogP contribution in [0.3, 0.4) is 0 Å². The van der Waals surface area contributed by atoms with E-state index in [1.54, 1.807) is 45.9 Å². The molecule has 2 aromatic carbocycles. The average molecular weight is 771 g/mol. The average Bonchev–Trinajstić information content (AvgIpc) is 3.34. The van der Waals surface area contributed by atoms with Gasteiger partial charge in [0, 0.05) is 45.9 Å². The number of hydrogen-bond acceptors (Lipinski definition) is 11. The minimum absolute atomic E-state index is 0.0181. The quantitative estimate of drug-likeness (QED) is 0.0618. The molecule has 0 spiro atoms. The molecule has 50 heavy (non-hydrogen) atoms. The van der Waals surface area contributed by atoms with Crippen LogP contribution in [0.4, 0.5) is 11.4 Å². The summed E-state index contributed by atoms with van der Waals surface area (Å²) >= 11 is 0.734. The van der Waals surface area contributed by atoms with Gasteiger partial charge in [-0.3, -0.25) is 18.7 Å². The van der Waals surface area contributed by atoms with Gasteiger partial charge in [0.2, 0.25) is 5.69 Å². The second-order valence-corrected chi connectivity index (χ2v) is 18.1. The van der Waals surface area contributed by atoms with E-state index in [9.17, 15) is 44.2 Å². The second kappa shape index (κ2) is 14.8. The Kier molecular flexibility index (Phi) is 11.7. The van der Waals surface area contributed by atoms with Crippen molar-refractivity contribution in [3.8, 4) is 0 Å². The third kappa shape index (κ3) is 9.19. The summed E-state index contributed by atoms with van der Waals surface area (Å²) in [5, 5.41) is 13.8. The summed E-state index contributed by atoms with van der Waals surface area (Å²) in [4.78, 5) is 1.97. The lowest BCUT2D eigenvalue weighted by atomic mass is 9.81. The first-order chi connectivity index (χ1) is 23.1. The van der Waals surface area contributed by atoms with Gasteiger partial charge in [-0.05, 0) is 62.7 Å². The fourth-order valence-corrected chi connectivity index (χ4v) is 7.84. The molecule has 4 rings (SSSR count). The molecule has 18 heteroatoms. The van der Waals surface area contributed by atoms with Crippen LogP contribution >= 0.6 is 12.0 Å². The zero-order chi connectivity index (χ0) is 37.3. The highest BCUT2D eigenvalue weighted by molar-refractivity contribution is 7.94. The molecule has 0 bridgehead atoms. The van der Waals surface area contributed by atoms with Crippen LogP contribution in [0.5, 0.6) is 0 Å². The lowest BCUT2D eigenvalue weighted by Crippen LogP contribution is -2.30. The lowest BCUT2D eigenvalue weighted by molar-refractivity contribution is -0.777. The molecule has 0 atom stereocenters. The van der Waals surface area contributed by atoms with Crippen LogP contribution in [0.2, 0.25) is 0 Å². The lowest BCUT2D eigenvalue weighted by Gasteiger charge is -2.26. The van der Waals surface area contributed by atoms with Crippen molar-refractivity contribution in [1.82, 2.24) is 0 Å². The molecule has 2 aliphatic heterocycles. The van der Waals surface area contributed by atoms with E-state index < -0.39 is 52.7 Å². The number of nitrogens with zero attached hydrogens (tertiary/aromatic N) is 2. The highest BCUT2D eigenvalue weighted by atomic mass is 32.2. The molecule has 14 nitrogen and oxygen atoms in total. The number of rotatable bonds is 14. The van der Waals surface area contributed by atoms with Gasteiger partial charge in [-0.15, -0.1) is 0 Å². The molecule has 0 aromatic heterocycles. The zero-order valence-electron chi connectivity index (χ0n) is 27.8. The van der Waals surface area contributed by atoms with Crippen LogP contribution in [0.25, 0.3) is 0 Å². The van der Waals surface area contributed by atoms with E-state index in [1.807, 2.05) is 52.8 Å². The molecule has 0 amide bonds. The summed E-state index contributed by atoms with van der Waals surface area (Å²) in [5.41, 5.74) is 3.39. The highest BCUT2D eigenvalue weighted by Crippen LogP contribution is 2.48. The van der Waals surface area contributed by atoms with Crippen LogP contribution in [-0.4, -0.2) is 73.8 Å². The summed E-state index contributed by atoms with van der Waals surface area (Å²) in [6.45, 7) is 9.29. The van der Waals surface area contributed by atoms with E-state index in [0.29, 0.717) is 21.8 Å². The topological polar surface area (TPSA) is 211 Å². The van der Waals surface area contributed by atoms with Gasteiger partial charge in [-0.1, -0.05) is 43.7 Å². The van der Waals surface area contributed by atoms with Gasteiger partial charge in [0.1, 0.15) is 5.75 Å². The molecular formula is C32H38N2O12S4. The van der Waals surface area contributed by atoms with Crippen LogP contribution in [0, 0.1) is 0 Å². The molecule has 0 aliphatic carbocycles. The minimum Gasteiger partial charge on any atom is -0.691 e. The predicted molar refractivity (Wildman–Crippen MR) is 187 cm³/mol. The van der Waals surface area contributed by atoms with Crippen molar-refractivity contribution < 1.29 is 58.1 Å². The van der Waals surface area contributed by atoms with Crippen molar-refractivity contribution >= 4 is 59.5 Å². The van der Waals surface area contributed by atoms with E-state index in [0.717, 1.165) is 34.6 Å². The van der Waals surface area contributed by atoms with Crippen molar-refractivity contribution in [2.75, 3.05) is 29.5 Å². The largest absolute Gasteiger partial charge is 0.691 e. The van der Waals surface area contributed by atoms with E-state index in [4.69, 9.17) is 0 Å². The maximum Gasteiger partial charge on any atom is 0.294 e. The van der Waals surface area contributed by atoms with Gasteiger partial charge in [0.05, 0.1) is 28.1 Å². The van der Waals surface area contributed by atoms with Crippen molar-refractivity contribution in [3.63, 3.8) is 0 Å². The summed E-state index contributed by atoms with van der Waals surface area (Å²) in [7, 11) is -13.1. The van der Waals surface area contributed by atoms with Crippen LogP contribution in [0.1, 0.15) is 45.7 Å². The summed E-state index contributed by atoms with van der Waals surface area (Å²) in [6.07, 6.45) is 10.8. The molecule has 0 saturated heterocycles. The Bertz CT molecular complexity index is 2150. The Morgan fingerprint density at radius 2 is 1.60 bits per heavy atom. The van der Waals surface area contributed by atoms with Gasteiger partial charge >= 0.3 is 0 Å². The van der Waals surface area contributed by atoms with Gasteiger partial charge in [-0.2, -0.15) is 34.2 Å². The predicted octanol–water partition coefficient (Wildman–Crippen LogP) is 4.06. The fraction of sp³-hybridized carbons (Fsp3) is 0.344. The van der Waals surface area contributed by atoms with Crippen molar-refractivity contribution in [2.45, 2.75) is 55.2 Å². The van der Waals surface area contributed by atoms with E-state index in [-0.39, 0.29) is 18.0 Å². The summed E-state index contributed by atoms with van der Waals surface area (Å²) in [5.74, 6) is -1.08. The molecule has 0 saturated carbocycles. The number of allylic oxidation sites excluding steroid dienone is 8. The first-order valence-electron chi connectivity index (χ1n) is 15.0. The van der Waals surface area contributed by atoms with E-state index in [1.165, 1.54) is 18.2 Å². The van der Waals surface area contributed by atoms with Gasteiger partial charge < -0.3 is 10.2 Å². The van der Waals surface area contributed by atoms with Gasteiger partial charge in [-0.25, -0.2) is 0 Å². The first kappa shape index (κ1) is 39.6. The molecule has 0 unspecified atom stereocenters. The molecule has 0 radical (unpaired) electrons. The standard InChI is InChI=1S/C32H38N2O12S4/c1-22(8-6-10-29-31(2,3)25-20-23(47-46-45-35)12-14-27(25)33(29)16-18-48(36,37)38)9-7-11-30-32(4,5)26-21-24(50(42,43)44)13-15-28(26)34(30)17-19-49(39,40)41/h6-15,20-21H,16-19H2,1-5H3,(H3-,35,36,37,38,39,40,41,42,43,44). The molecule has 2 aromatic rings. The third-order valence-corrected chi connectivity index (χ3v) is 11.4. The van der Waals surface area contributed by atoms with Crippen LogP contribution < -0.4 is 10.2 Å². The Morgan fingerprint density at radius 1 is 0.920 bits per heavy atom. The molecule has 2 heterocycles. The van der Waals surface area contributed by atoms with Gasteiger partial charge in [0.15, 0.2) is 12.3 Å². The van der Waals surface area contributed by atoms with Crippen LogP contribution in [-0.2, 0) is 50.6 Å². The second-order valence-electron chi connectivity index (χ2n) is 12.7. The van der Waals surface area contributed by atoms with Crippen LogP contribution in [0.15, 0.2) is 93.9 Å². The van der Waals surface area contributed by atoms with E-state index >= 15 is 0 Å². The fourth-order valence-electron chi connectivity index (χ4n) is 6.11. The van der Waals surface area contributed by atoms with E-state index in [2.05, 4.69) is 9.37 Å². The normalized spacial score (nSPS) is 18.5. The summed E-state index contributed by atoms with van der Waals surface area (Å²) < 4.78 is 105. The molecule has 3 N–H and O–H groups in total. The Morgan fingerprint density at radius 3 is 2.22 bits per heavy atom. The maximum atomic E-state index is 11.8. The molecule has 0 fully saturated rings. The number of anilines is 1. The Hall–Kier alpha value is -3.17. The van der Waals surface area contributed by atoms with Crippen molar-refractivity contribution in [2.24, 2.45) is 0 Å².